The number of aromatic nitrogens is 1. The quantitative estimate of drug-likeness (QED) is 0.830. The highest BCUT2D eigenvalue weighted by molar-refractivity contribution is 5.94. The molecule has 2 unspecified atom stereocenters. The summed E-state index contributed by atoms with van der Waals surface area (Å²) in [5.41, 5.74) is 0.308. The summed E-state index contributed by atoms with van der Waals surface area (Å²) >= 11 is 0. The van der Waals surface area contributed by atoms with E-state index in [1.807, 2.05) is 0 Å². The van der Waals surface area contributed by atoms with Crippen molar-refractivity contribution in [3.05, 3.63) is 34.2 Å². The van der Waals surface area contributed by atoms with Gasteiger partial charge in [-0.25, -0.2) is 0 Å². The Morgan fingerprint density at radius 1 is 1.32 bits per heavy atom. The summed E-state index contributed by atoms with van der Waals surface area (Å²) in [6.45, 7) is 2.27. The average molecular weight is 262 g/mol. The molecule has 4 heteroatoms. The van der Waals surface area contributed by atoms with E-state index in [0.717, 1.165) is 18.8 Å². The summed E-state index contributed by atoms with van der Waals surface area (Å²) in [7, 11) is 1.68. The fraction of sp³-hybridized carbons (Fsp3) is 0.600. The zero-order valence-electron chi connectivity index (χ0n) is 11.7. The van der Waals surface area contributed by atoms with Gasteiger partial charge in [0.2, 0.25) is 0 Å². The standard InChI is InChI=1S/C15H22N2O2/c1-11-4-3-5-13(7-6-11)16-15(19)12-8-9-17(2)14(18)10-12/h8-11,13H,3-7H2,1-2H3,(H,16,19). The van der Waals surface area contributed by atoms with Gasteiger partial charge in [-0.2, -0.15) is 0 Å². The summed E-state index contributed by atoms with van der Waals surface area (Å²) in [5, 5.41) is 3.06. The number of aryl methyl sites for hydroxylation is 1. The lowest BCUT2D eigenvalue weighted by Gasteiger charge is -2.16. The molecule has 19 heavy (non-hydrogen) atoms. The summed E-state index contributed by atoms with van der Waals surface area (Å²) in [5.74, 6) is 0.628. The molecule has 1 heterocycles. The van der Waals surface area contributed by atoms with Gasteiger partial charge < -0.3 is 9.88 Å². The normalized spacial score (nSPS) is 23.7. The Hall–Kier alpha value is -1.58. The molecule has 0 saturated heterocycles. The molecule has 1 saturated carbocycles. The molecule has 1 fully saturated rings. The molecule has 0 aliphatic heterocycles. The first kappa shape index (κ1) is 13.8. The van der Waals surface area contributed by atoms with Crippen LogP contribution in [0.15, 0.2) is 23.1 Å². The van der Waals surface area contributed by atoms with Crippen LogP contribution in [-0.2, 0) is 7.05 Å². The number of amides is 1. The minimum absolute atomic E-state index is 0.128. The van der Waals surface area contributed by atoms with Crippen LogP contribution < -0.4 is 10.9 Å². The van der Waals surface area contributed by atoms with Gasteiger partial charge in [-0.15, -0.1) is 0 Å². The highest BCUT2D eigenvalue weighted by Crippen LogP contribution is 2.22. The van der Waals surface area contributed by atoms with Crippen molar-refractivity contribution in [1.82, 2.24) is 9.88 Å². The van der Waals surface area contributed by atoms with Gasteiger partial charge in [0.25, 0.3) is 11.5 Å². The minimum Gasteiger partial charge on any atom is -0.349 e. The maximum absolute atomic E-state index is 12.1. The zero-order valence-corrected chi connectivity index (χ0v) is 11.7. The molecule has 2 atom stereocenters. The molecule has 1 N–H and O–H groups in total. The Kier molecular flexibility index (Phi) is 4.40. The van der Waals surface area contributed by atoms with Crippen LogP contribution in [0, 0.1) is 5.92 Å². The topological polar surface area (TPSA) is 51.1 Å². The van der Waals surface area contributed by atoms with E-state index in [2.05, 4.69) is 12.2 Å². The Bertz CT molecular complexity index is 507. The Morgan fingerprint density at radius 3 is 2.84 bits per heavy atom. The van der Waals surface area contributed by atoms with Crippen molar-refractivity contribution in [3.63, 3.8) is 0 Å². The van der Waals surface area contributed by atoms with Crippen LogP contribution in [0.5, 0.6) is 0 Å². The molecule has 1 aromatic rings. The van der Waals surface area contributed by atoms with E-state index < -0.39 is 0 Å². The van der Waals surface area contributed by atoms with E-state index in [1.54, 1.807) is 19.3 Å². The highest BCUT2D eigenvalue weighted by atomic mass is 16.2. The van der Waals surface area contributed by atoms with Crippen molar-refractivity contribution in [2.24, 2.45) is 13.0 Å². The number of hydrogen-bond donors (Lipinski definition) is 1. The van der Waals surface area contributed by atoms with Crippen molar-refractivity contribution in [3.8, 4) is 0 Å². The van der Waals surface area contributed by atoms with Crippen molar-refractivity contribution >= 4 is 5.91 Å². The monoisotopic (exact) mass is 262 g/mol. The van der Waals surface area contributed by atoms with Crippen molar-refractivity contribution < 1.29 is 4.79 Å². The Balaban J connectivity index is 2.00. The van der Waals surface area contributed by atoms with E-state index in [4.69, 9.17) is 0 Å². The fourth-order valence-corrected chi connectivity index (χ4v) is 2.59. The number of nitrogens with zero attached hydrogens (tertiary/aromatic N) is 1. The molecule has 1 aromatic heterocycles. The predicted octanol–water partition coefficient (Wildman–Crippen LogP) is 2.08. The first-order chi connectivity index (χ1) is 9.06. The van der Waals surface area contributed by atoms with Gasteiger partial charge in [0.15, 0.2) is 0 Å². The molecule has 1 aliphatic carbocycles. The van der Waals surface area contributed by atoms with Crippen LogP contribution in [0.1, 0.15) is 49.4 Å². The van der Waals surface area contributed by atoms with Gasteiger partial charge in [-0.3, -0.25) is 9.59 Å². The molecule has 2 rings (SSSR count). The van der Waals surface area contributed by atoms with Crippen LogP contribution in [0.2, 0.25) is 0 Å². The summed E-state index contributed by atoms with van der Waals surface area (Å²) in [6.07, 6.45) is 7.30. The predicted molar refractivity (Wildman–Crippen MR) is 75.2 cm³/mol. The number of hydrogen-bond acceptors (Lipinski definition) is 2. The van der Waals surface area contributed by atoms with E-state index in [-0.39, 0.29) is 17.5 Å². The maximum Gasteiger partial charge on any atom is 0.251 e. The molecule has 0 aromatic carbocycles. The third-order valence-electron chi connectivity index (χ3n) is 3.96. The smallest absolute Gasteiger partial charge is 0.251 e. The molecule has 104 valence electrons. The molecule has 0 bridgehead atoms. The molecular weight excluding hydrogens is 240 g/mol. The third kappa shape index (κ3) is 3.69. The number of rotatable bonds is 2. The molecule has 0 radical (unpaired) electrons. The molecule has 0 spiro atoms. The van der Waals surface area contributed by atoms with Gasteiger partial charge in [0.05, 0.1) is 0 Å². The lowest BCUT2D eigenvalue weighted by molar-refractivity contribution is 0.0933. The first-order valence-corrected chi connectivity index (χ1v) is 7.04. The van der Waals surface area contributed by atoms with E-state index in [0.29, 0.717) is 5.56 Å². The van der Waals surface area contributed by atoms with Gasteiger partial charge in [-0.05, 0) is 31.2 Å². The zero-order chi connectivity index (χ0) is 13.8. The van der Waals surface area contributed by atoms with Crippen LogP contribution >= 0.6 is 0 Å². The molecule has 1 aliphatic rings. The lowest BCUT2D eigenvalue weighted by Crippen LogP contribution is -2.35. The first-order valence-electron chi connectivity index (χ1n) is 7.04. The minimum atomic E-state index is -0.151. The van der Waals surface area contributed by atoms with Crippen LogP contribution in [-0.4, -0.2) is 16.5 Å². The van der Waals surface area contributed by atoms with E-state index >= 15 is 0 Å². The highest BCUT2D eigenvalue weighted by Gasteiger charge is 2.18. The number of carbonyl (C=O) groups excluding carboxylic acids is 1. The van der Waals surface area contributed by atoms with Crippen molar-refractivity contribution in [1.29, 1.82) is 0 Å². The SMILES string of the molecule is CC1CCCC(NC(=O)c2ccn(C)c(=O)c2)CC1. The van der Waals surface area contributed by atoms with Gasteiger partial charge >= 0.3 is 0 Å². The second-order valence-corrected chi connectivity index (χ2v) is 5.65. The van der Waals surface area contributed by atoms with Crippen LogP contribution in [0.25, 0.3) is 0 Å². The Labute approximate surface area is 113 Å². The molecular formula is C15H22N2O2. The number of nitrogens with one attached hydrogen (secondary N) is 1. The molecule has 1 amide bonds. The van der Waals surface area contributed by atoms with E-state index in [1.165, 1.54) is 29.9 Å². The number of pyridine rings is 1. The van der Waals surface area contributed by atoms with Gasteiger partial charge in [0.1, 0.15) is 0 Å². The van der Waals surface area contributed by atoms with Gasteiger partial charge in [-0.1, -0.05) is 19.8 Å². The third-order valence-corrected chi connectivity index (χ3v) is 3.96. The molecule has 4 nitrogen and oxygen atoms in total. The second kappa shape index (κ2) is 6.04. The Morgan fingerprint density at radius 2 is 2.11 bits per heavy atom. The van der Waals surface area contributed by atoms with Crippen LogP contribution in [0.3, 0.4) is 0 Å². The van der Waals surface area contributed by atoms with Crippen molar-refractivity contribution in [2.75, 3.05) is 0 Å². The van der Waals surface area contributed by atoms with Crippen LogP contribution in [0.4, 0.5) is 0 Å². The lowest BCUT2D eigenvalue weighted by atomic mass is 10.0. The summed E-state index contributed by atoms with van der Waals surface area (Å²) in [6, 6.07) is 3.34. The number of carbonyl (C=O) groups is 1. The average Bonchev–Trinajstić information content (AvgIpc) is 2.58. The summed E-state index contributed by atoms with van der Waals surface area (Å²) in [4.78, 5) is 23.6. The van der Waals surface area contributed by atoms with Gasteiger partial charge in [0, 0.05) is 30.9 Å². The second-order valence-electron chi connectivity index (χ2n) is 5.65. The largest absolute Gasteiger partial charge is 0.349 e. The van der Waals surface area contributed by atoms with E-state index in [9.17, 15) is 9.59 Å². The maximum atomic E-state index is 12.1. The van der Waals surface area contributed by atoms with Crippen molar-refractivity contribution in [2.45, 2.75) is 45.1 Å². The fourth-order valence-electron chi connectivity index (χ4n) is 2.59. The summed E-state index contributed by atoms with van der Waals surface area (Å²) < 4.78 is 1.46.